The van der Waals surface area contributed by atoms with Gasteiger partial charge in [-0.3, -0.25) is 0 Å². The van der Waals surface area contributed by atoms with Gasteiger partial charge in [0.25, 0.3) is 0 Å². The molecule has 0 saturated heterocycles. The first kappa shape index (κ1) is 16.8. The maximum absolute atomic E-state index is 6.12. The molecule has 0 aliphatic heterocycles. The number of rotatable bonds is 8. The highest BCUT2D eigenvalue weighted by atomic mass is 35.5. The molecule has 5 heteroatoms. The van der Waals surface area contributed by atoms with Gasteiger partial charge in [-0.05, 0) is 31.9 Å². The van der Waals surface area contributed by atoms with Crippen LogP contribution in [0.4, 0.5) is 0 Å². The highest BCUT2D eigenvalue weighted by Crippen LogP contribution is 2.15. The molecule has 0 radical (unpaired) electrons. The third kappa shape index (κ3) is 6.78. The van der Waals surface area contributed by atoms with Crippen molar-refractivity contribution in [3.8, 4) is 0 Å². The minimum absolute atomic E-state index is 0.570. The van der Waals surface area contributed by atoms with Crippen LogP contribution in [0.25, 0.3) is 0 Å². The van der Waals surface area contributed by atoms with Crippen LogP contribution < -0.4 is 10.6 Å². The van der Waals surface area contributed by atoms with E-state index in [0.29, 0.717) is 6.54 Å². The highest BCUT2D eigenvalue weighted by molar-refractivity contribution is 6.31. The van der Waals surface area contributed by atoms with E-state index < -0.39 is 0 Å². The van der Waals surface area contributed by atoms with Crippen LogP contribution >= 0.6 is 11.6 Å². The van der Waals surface area contributed by atoms with Gasteiger partial charge in [0.05, 0.1) is 6.54 Å². The molecule has 4 nitrogen and oxygen atoms in total. The van der Waals surface area contributed by atoms with E-state index in [0.717, 1.165) is 49.3 Å². The number of hydrogen-bond acceptors (Lipinski definition) is 2. The second-order valence-corrected chi connectivity index (χ2v) is 4.67. The van der Waals surface area contributed by atoms with Crippen molar-refractivity contribution >= 4 is 17.6 Å². The predicted octanol–water partition coefficient (Wildman–Crippen LogP) is 2.82. The Morgan fingerprint density at radius 3 is 2.75 bits per heavy atom. The second kappa shape index (κ2) is 10.5. The van der Waals surface area contributed by atoms with Gasteiger partial charge < -0.3 is 15.4 Å². The molecular weight excluding hydrogens is 274 g/mol. The Labute approximate surface area is 126 Å². The number of nitrogens with one attached hydrogen (secondary N) is 2. The van der Waals surface area contributed by atoms with Crippen molar-refractivity contribution < 1.29 is 4.74 Å². The molecule has 112 valence electrons. The molecule has 0 unspecified atom stereocenters. The molecule has 0 fully saturated rings. The minimum atomic E-state index is 0.570. The molecule has 1 aromatic carbocycles. The van der Waals surface area contributed by atoms with E-state index in [1.807, 2.05) is 38.1 Å². The summed E-state index contributed by atoms with van der Waals surface area (Å²) in [6, 6.07) is 7.77. The van der Waals surface area contributed by atoms with Crippen molar-refractivity contribution in [2.24, 2.45) is 4.99 Å². The van der Waals surface area contributed by atoms with Crippen LogP contribution in [0.2, 0.25) is 5.02 Å². The van der Waals surface area contributed by atoms with Gasteiger partial charge in [0.15, 0.2) is 5.96 Å². The summed E-state index contributed by atoms with van der Waals surface area (Å²) in [5.41, 5.74) is 1.03. The van der Waals surface area contributed by atoms with Gasteiger partial charge in [0.2, 0.25) is 0 Å². The molecule has 0 heterocycles. The van der Waals surface area contributed by atoms with E-state index >= 15 is 0 Å². The third-order valence-electron chi connectivity index (χ3n) is 2.67. The fraction of sp³-hybridized carbons (Fsp3) is 0.533. The van der Waals surface area contributed by atoms with Crippen LogP contribution in [0.3, 0.4) is 0 Å². The van der Waals surface area contributed by atoms with Crippen LogP contribution in [-0.2, 0) is 11.3 Å². The quantitative estimate of drug-likeness (QED) is 0.441. The van der Waals surface area contributed by atoms with Crippen LogP contribution in [-0.4, -0.2) is 32.3 Å². The molecule has 1 rings (SSSR count). The number of hydrogen-bond donors (Lipinski definition) is 2. The monoisotopic (exact) mass is 297 g/mol. The molecule has 2 N–H and O–H groups in total. The van der Waals surface area contributed by atoms with E-state index in [1.54, 1.807) is 0 Å². The second-order valence-electron chi connectivity index (χ2n) is 4.26. The Hall–Kier alpha value is -1.26. The summed E-state index contributed by atoms with van der Waals surface area (Å²) in [4.78, 5) is 4.53. The molecule has 1 aromatic rings. The molecular formula is C15H24ClN3O. The average Bonchev–Trinajstić information content (AvgIpc) is 2.46. The lowest BCUT2D eigenvalue weighted by molar-refractivity contribution is 0.145. The zero-order chi connectivity index (χ0) is 14.6. The van der Waals surface area contributed by atoms with Gasteiger partial charge >= 0.3 is 0 Å². The molecule has 0 saturated carbocycles. The molecule has 0 aromatic heterocycles. The lowest BCUT2D eigenvalue weighted by Gasteiger charge is -2.11. The molecule has 20 heavy (non-hydrogen) atoms. The molecule has 0 aliphatic carbocycles. The molecule has 0 atom stereocenters. The Morgan fingerprint density at radius 1 is 1.25 bits per heavy atom. The Morgan fingerprint density at radius 2 is 2.05 bits per heavy atom. The Bertz CT molecular complexity index is 410. The zero-order valence-corrected chi connectivity index (χ0v) is 13.0. The first-order valence-electron chi connectivity index (χ1n) is 7.11. The van der Waals surface area contributed by atoms with E-state index in [2.05, 4.69) is 15.6 Å². The fourth-order valence-corrected chi connectivity index (χ4v) is 1.85. The number of guanidine groups is 1. The highest BCUT2D eigenvalue weighted by Gasteiger charge is 2.00. The summed E-state index contributed by atoms with van der Waals surface area (Å²) in [5, 5.41) is 7.26. The Balaban J connectivity index is 2.44. The zero-order valence-electron chi connectivity index (χ0n) is 12.3. The Kier molecular flexibility index (Phi) is 8.83. The number of nitrogens with zero attached hydrogens (tertiary/aromatic N) is 1. The smallest absolute Gasteiger partial charge is 0.191 e. The van der Waals surface area contributed by atoms with Gasteiger partial charge in [-0.1, -0.05) is 29.8 Å². The van der Waals surface area contributed by atoms with Crippen LogP contribution in [0.5, 0.6) is 0 Å². The fourth-order valence-electron chi connectivity index (χ4n) is 1.66. The van der Waals surface area contributed by atoms with Gasteiger partial charge in [0.1, 0.15) is 0 Å². The maximum atomic E-state index is 6.12. The first-order valence-corrected chi connectivity index (χ1v) is 7.49. The summed E-state index contributed by atoms with van der Waals surface area (Å²) >= 11 is 6.12. The van der Waals surface area contributed by atoms with Crippen LogP contribution in [0, 0.1) is 0 Å². The van der Waals surface area contributed by atoms with E-state index in [-0.39, 0.29) is 0 Å². The summed E-state index contributed by atoms with van der Waals surface area (Å²) < 4.78 is 5.30. The van der Waals surface area contributed by atoms with Crippen molar-refractivity contribution in [1.29, 1.82) is 0 Å². The summed E-state index contributed by atoms with van der Waals surface area (Å²) in [6.45, 7) is 7.83. The van der Waals surface area contributed by atoms with Crippen molar-refractivity contribution in [1.82, 2.24) is 10.6 Å². The standard InChI is InChI=1S/C15H24ClN3O/c1-3-17-15(18-10-7-11-20-4-2)19-12-13-8-5-6-9-14(13)16/h5-6,8-9H,3-4,7,10-12H2,1-2H3,(H2,17,18,19). The molecule has 0 amide bonds. The van der Waals surface area contributed by atoms with Crippen molar-refractivity contribution in [2.75, 3.05) is 26.3 Å². The van der Waals surface area contributed by atoms with Gasteiger partial charge in [-0.2, -0.15) is 0 Å². The van der Waals surface area contributed by atoms with Crippen molar-refractivity contribution in [3.05, 3.63) is 34.9 Å². The number of ether oxygens (including phenoxy) is 1. The lowest BCUT2D eigenvalue weighted by Crippen LogP contribution is -2.38. The van der Waals surface area contributed by atoms with Crippen molar-refractivity contribution in [2.45, 2.75) is 26.8 Å². The lowest BCUT2D eigenvalue weighted by atomic mass is 10.2. The average molecular weight is 298 g/mol. The normalized spacial score (nSPS) is 11.4. The predicted molar refractivity (Wildman–Crippen MR) is 85.4 cm³/mol. The largest absolute Gasteiger partial charge is 0.382 e. The van der Waals surface area contributed by atoms with Gasteiger partial charge in [-0.25, -0.2) is 4.99 Å². The number of aliphatic imine (C=N–C) groups is 1. The van der Waals surface area contributed by atoms with E-state index in [4.69, 9.17) is 16.3 Å². The molecule has 0 bridgehead atoms. The van der Waals surface area contributed by atoms with Crippen molar-refractivity contribution in [3.63, 3.8) is 0 Å². The topological polar surface area (TPSA) is 45.7 Å². The molecule has 0 aliphatic rings. The summed E-state index contributed by atoms with van der Waals surface area (Å²) in [6.07, 6.45) is 0.963. The first-order chi connectivity index (χ1) is 9.77. The maximum Gasteiger partial charge on any atom is 0.191 e. The number of halogens is 1. The van der Waals surface area contributed by atoms with Crippen LogP contribution in [0.15, 0.2) is 29.3 Å². The van der Waals surface area contributed by atoms with Gasteiger partial charge in [-0.15, -0.1) is 0 Å². The van der Waals surface area contributed by atoms with E-state index in [9.17, 15) is 0 Å². The molecule has 0 spiro atoms. The van der Waals surface area contributed by atoms with Gasteiger partial charge in [0, 0.05) is 31.3 Å². The minimum Gasteiger partial charge on any atom is -0.382 e. The SMILES string of the molecule is CCNC(=NCc1ccccc1Cl)NCCCOCC. The third-order valence-corrected chi connectivity index (χ3v) is 3.04. The summed E-state index contributed by atoms with van der Waals surface area (Å²) in [5.74, 6) is 0.809. The van der Waals surface area contributed by atoms with E-state index in [1.165, 1.54) is 0 Å². The van der Waals surface area contributed by atoms with Crippen LogP contribution in [0.1, 0.15) is 25.8 Å². The number of benzene rings is 1. The summed E-state index contributed by atoms with van der Waals surface area (Å²) in [7, 11) is 0.